The number of aliphatic hydroxyl groups is 1. The minimum atomic E-state index is -0.417. The fourth-order valence-corrected chi connectivity index (χ4v) is 5.90. The third-order valence-electron chi connectivity index (χ3n) is 9.65. The van der Waals surface area contributed by atoms with Gasteiger partial charge in [-0.25, -0.2) is 8.78 Å². The number of carbonyl (C=O) groups is 1. The number of halogens is 2. The van der Waals surface area contributed by atoms with Gasteiger partial charge in [0, 0.05) is 50.2 Å². The van der Waals surface area contributed by atoms with Crippen molar-refractivity contribution in [2.24, 2.45) is 11.8 Å². The van der Waals surface area contributed by atoms with Crippen LogP contribution in [0.3, 0.4) is 0 Å². The number of aromatic nitrogens is 2. The Balaban J connectivity index is 0.000000256. The van der Waals surface area contributed by atoms with Crippen LogP contribution in [0.1, 0.15) is 38.2 Å². The number of hydrogen-bond donors (Lipinski definition) is 1. The molecular weight excluding hydrogens is 780 g/mol. The summed E-state index contributed by atoms with van der Waals surface area (Å²) in [5.41, 5.74) is 2.55. The molecule has 0 spiro atoms. The normalized spacial score (nSPS) is 13.3. The molecule has 0 amide bonds. The van der Waals surface area contributed by atoms with Crippen LogP contribution < -0.4 is 59.6 Å². The zero-order valence-corrected chi connectivity index (χ0v) is 35.1. The summed E-state index contributed by atoms with van der Waals surface area (Å²) in [6.07, 6.45) is 6.93. The largest absolute Gasteiger partial charge is 1.00 e. The second kappa shape index (κ2) is 21.7. The van der Waals surface area contributed by atoms with Gasteiger partial charge in [0.15, 0.2) is 5.78 Å². The number of carbonyl (C=O) groups excluding carboxylic acids is 1. The molecule has 0 aliphatic heterocycles. The Morgan fingerprint density at radius 2 is 1.05 bits per heavy atom. The minimum Gasteiger partial charge on any atom is -1.00 e. The summed E-state index contributed by atoms with van der Waals surface area (Å²) >= 11 is 0. The quantitative estimate of drug-likeness (QED) is 0.143. The van der Waals surface area contributed by atoms with Crippen LogP contribution >= 0.6 is 0 Å². The monoisotopic (exact) mass is 823 g/mol. The van der Waals surface area contributed by atoms with E-state index in [0.717, 1.165) is 36.8 Å². The standard InChI is InChI=1S/C23H22FNO4.C23H20FNO4.B.Na.H/c2*24-18-5-1-16(2-6-18)14-28-21-11-12-25(23(27)13-21)19-7-9-20(10-8-19)29-15-22(26)17-3-4-17;;;/h1-2,5-13,17,22,26H,3-4,14-15H2;1-2,5-13,17H,3-4,14-15H2;;;/q;;;+1;-1. The first-order valence-corrected chi connectivity index (χ1v) is 19.0. The number of ketones is 1. The van der Waals surface area contributed by atoms with Crippen molar-refractivity contribution in [3.05, 3.63) is 177 Å². The van der Waals surface area contributed by atoms with Gasteiger partial charge in [0.2, 0.25) is 0 Å². The fourth-order valence-electron chi connectivity index (χ4n) is 5.90. The van der Waals surface area contributed by atoms with E-state index < -0.39 is 6.10 Å². The maximum atomic E-state index is 12.9. The Morgan fingerprint density at radius 3 is 1.45 bits per heavy atom. The van der Waals surface area contributed by atoms with Crippen LogP contribution in [0.2, 0.25) is 0 Å². The van der Waals surface area contributed by atoms with E-state index in [2.05, 4.69) is 0 Å². The molecule has 2 heterocycles. The SMILES string of the molecule is O=C(COc1ccc(-n2ccc(OCc3ccc(F)cc3)cc2=O)cc1)C1CC1.O=c1cc(OCc2ccc(F)cc2)ccn1-c1ccc(OCC(O)C2CC2)cc1.[B].[H-].[Na+]. The Labute approximate surface area is 371 Å². The number of nitrogens with zero attached hydrogens (tertiary/aromatic N) is 2. The van der Waals surface area contributed by atoms with Crippen LogP contribution in [0.25, 0.3) is 11.4 Å². The predicted molar refractivity (Wildman–Crippen MR) is 220 cm³/mol. The molecular formula is C46H43BF2N2NaO8. The summed E-state index contributed by atoms with van der Waals surface area (Å²) < 4.78 is 51.2. The molecule has 2 saturated carbocycles. The number of ether oxygens (including phenoxy) is 4. The molecule has 1 N–H and O–H groups in total. The first kappa shape index (κ1) is 45.6. The van der Waals surface area contributed by atoms with E-state index in [9.17, 15) is 28.3 Å². The van der Waals surface area contributed by atoms with E-state index in [-0.39, 0.29) is 100 Å². The van der Waals surface area contributed by atoms with E-state index >= 15 is 0 Å². The van der Waals surface area contributed by atoms with E-state index in [1.54, 1.807) is 97.3 Å². The summed E-state index contributed by atoms with van der Waals surface area (Å²) in [6.45, 7) is 0.867. The summed E-state index contributed by atoms with van der Waals surface area (Å²) in [6, 6.07) is 32.4. The first-order chi connectivity index (χ1) is 28.2. The molecule has 14 heteroatoms. The van der Waals surface area contributed by atoms with Crippen molar-refractivity contribution < 1.29 is 68.6 Å². The van der Waals surface area contributed by atoms with Gasteiger partial charge >= 0.3 is 29.6 Å². The minimum absolute atomic E-state index is 0. The summed E-state index contributed by atoms with van der Waals surface area (Å²) in [5.74, 6) is 2.22. The number of hydrogen-bond acceptors (Lipinski definition) is 8. The van der Waals surface area contributed by atoms with Crippen LogP contribution in [0.4, 0.5) is 8.78 Å². The summed E-state index contributed by atoms with van der Waals surface area (Å²) in [4.78, 5) is 36.6. The molecule has 8 rings (SSSR count). The van der Waals surface area contributed by atoms with Crippen molar-refractivity contribution in [2.75, 3.05) is 13.2 Å². The molecule has 2 fully saturated rings. The van der Waals surface area contributed by atoms with Crippen LogP contribution in [0, 0.1) is 23.5 Å². The second-order valence-corrected chi connectivity index (χ2v) is 14.2. The maximum absolute atomic E-state index is 12.9. The van der Waals surface area contributed by atoms with Gasteiger partial charge in [-0.3, -0.25) is 23.5 Å². The third kappa shape index (κ3) is 13.3. The smallest absolute Gasteiger partial charge is 1.00 e. The average Bonchev–Trinajstić information content (AvgIpc) is 4.17. The van der Waals surface area contributed by atoms with E-state index in [1.807, 2.05) is 0 Å². The third-order valence-corrected chi connectivity index (χ3v) is 9.65. The molecule has 0 bridgehead atoms. The molecule has 303 valence electrons. The molecule has 6 aromatic rings. The number of benzene rings is 4. The topological polar surface area (TPSA) is 118 Å². The van der Waals surface area contributed by atoms with Crippen LogP contribution in [-0.2, 0) is 18.0 Å². The van der Waals surface area contributed by atoms with Gasteiger partial charge in [0.1, 0.15) is 61.1 Å². The van der Waals surface area contributed by atoms with Crippen molar-refractivity contribution in [1.29, 1.82) is 0 Å². The maximum Gasteiger partial charge on any atom is 1.00 e. The zero-order chi connectivity index (χ0) is 40.4. The molecule has 2 aliphatic rings. The van der Waals surface area contributed by atoms with E-state index in [0.29, 0.717) is 40.3 Å². The summed E-state index contributed by atoms with van der Waals surface area (Å²) in [7, 11) is 0. The molecule has 10 nitrogen and oxygen atoms in total. The van der Waals surface area contributed by atoms with Crippen LogP contribution in [0.5, 0.6) is 23.0 Å². The summed E-state index contributed by atoms with van der Waals surface area (Å²) in [5, 5.41) is 9.87. The number of aliphatic hydroxyl groups excluding tert-OH is 1. The number of pyridine rings is 2. The number of rotatable bonds is 16. The Bertz CT molecular complexity index is 2430. The van der Waals surface area contributed by atoms with E-state index in [1.165, 1.54) is 45.5 Å². The molecule has 1 atom stereocenters. The second-order valence-electron chi connectivity index (χ2n) is 14.2. The predicted octanol–water partition coefficient (Wildman–Crippen LogP) is 4.35. The molecule has 1 unspecified atom stereocenters. The van der Waals surface area contributed by atoms with Crippen molar-refractivity contribution >= 4 is 14.2 Å². The number of Topliss-reactive ketones (excluding diaryl/α,β-unsaturated/α-hetero) is 1. The Hall–Kier alpha value is -5.47. The van der Waals surface area contributed by atoms with Crippen LogP contribution in [-0.4, -0.2) is 47.8 Å². The Morgan fingerprint density at radius 1 is 0.617 bits per heavy atom. The zero-order valence-electron chi connectivity index (χ0n) is 34.1. The van der Waals surface area contributed by atoms with Gasteiger partial charge in [0.25, 0.3) is 11.1 Å². The van der Waals surface area contributed by atoms with Gasteiger partial charge in [0.05, 0.1) is 6.10 Å². The van der Waals surface area contributed by atoms with Crippen molar-refractivity contribution in [2.45, 2.75) is 45.0 Å². The Kier molecular flexibility index (Phi) is 16.5. The van der Waals surface area contributed by atoms with Gasteiger partial charge in [-0.05, 0) is 128 Å². The van der Waals surface area contributed by atoms with E-state index in [4.69, 9.17) is 18.9 Å². The van der Waals surface area contributed by atoms with Gasteiger partial charge < -0.3 is 25.5 Å². The van der Waals surface area contributed by atoms with Crippen molar-refractivity contribution in [1.82, 2.24) is 9.13 Å². The fraction of sp³-hybridized carbons (Fsp3) is 0.239. The molecule has 60 heavy (non-hydrogen) atoms. The van der Waals surface area contributed by atoms with Crippen LogP contribution in [0.15, 0.2) is 143 Å². The molecule has 2 aliphatic carbocycles. The van der Waals surface area contributed by atoms with Gasteiger partial charge in [-0.15, -0.1) is 0 Å². The molecule has 0 saturated heterocycles. The molecule has 4 aromatic carbocycles. The van der Waals surface area contributed by atoms with Gasteiger partial charge in [-0.2, -0.15) is 0 Å². The van der Waals surface area contributed by atoms with Crippen molar-refractivity contribution in [3.63, 3.8) is 0 Å². The molecule has 3 radical (unpaired) electrons. The first-order valence-electron chi connectivity index (χ1n) is 19.0. The van der Waals surface area contributed by atoms with Gasteiger partial charge in [-0.1, -0.05) is 24.3 Å². The molecule has 2 aromatic heterocycles. The van der Waals surface area contributed by atoms with Crippen molar-refractivity contribution in [3.8, 4) is 34.4 Å². The average molecular weight is 824 g/mol.